The van der Waals surface area contributed by atoms with Crippen LogP contribution in [0.15, 0.2) is 18.2 Å². The summed E-state index contributed by atoms with van der Waals surface area (Å²) < 4.78 is 0. The van der Waals surface area contributed by atoms with Crippen molar-refractivity contribution in [2.24, 2.45) is 5.41 Å². The second kappa shape index (κ2) is 5.85. The highest BCUT2D eigenvalue weighted by atomic mass is 16.5. The van der Waals surface area contributed by atoms with Crippen molar-refractivity contribution in [3.05, 3.63) is 34.9 Å². The van der Waals surface area contributed by atoms with Crippen molar-refractivity contribution in [2.75, 3.05) is 0 Å². The molecule has 1 atom stereocenters. The minimum atomic E-state index is -0.515. The third-order valence-corrected chi connectivity index (χ3v) is 3.81. The van der Waals surface area contributed by atoms with Gasteiger partial charge in [0.2, 0.25) is 5.91 Å². The molecule has 0 heterocycles. The van der Waals surface area contributed by atoms with Crippen molar-refractivity contribution in [3.8, 4) is 0 Å². The molecule has 1 aromatic rings. The van der Waals surface area contributed by atoms with Crippen molar-refractivity contribution < 1.29 is 14.8 Å². The van der Waals surface area contributed by atoms with Gasteiger partial charge in [-0.05, 0) is 42.5 Å². The summed E-state index contributed by atoms with van der Waals surface area (Å²) in [6.45, 7) is 5.67. The average Bonchev–Trinajstić information content (AvgIpc) is 2.45. The zero-order valence-electron chi connectivity index (χ0n) is 12.7. The zero-order valence-corrected chi connectivity index (χ0v) is 12.7. The van der Waals surface area contributed by atoms with Crippen LogP contribution >= 0.6 is 0 Å². The van der Waals surface area contributed by atoms with Crippen molar-refractivity contribution >= 4 is 11.8 Å². The largest absolute Gasteiger partial charge is 0.349 e. The molecule has 0 bridgehead atoms. The molecule has 0 saturated heterocycles. The van der Waals surface area contributed by atoms with Crippen LogP contribution in [0.1, 0.15) is 61.1 Å². The maximum absolute atomic E-state index is 12.2. The number of benzene rings is 1. The van der Waals surface area contributed by atoms with Gasteiger partial charge in [0.05, 0.1) is 6.04 Å². The Morgan fingerprint density at radius 3 is 2.62 bits per heavy atom. The molecule has 2 amide bonds. The molecule has 3 N–H and O–H groups in total. The van der Waals surface area contributed by atoms with E-state index >= 15 is 0 Å². The van der Waals surface area contributed by atoms with Crippen LogP contribution in [0, 0.1) is 5.41 Å². The predicted molar refractivity (Wildman–Crippen MR) is 79.0 cm³/mol. The van der Waals surface area contributed by atoms with Crippen LogP contribution in [0.25, 0.3) is 0 Å². The molecule has 0 fully saturated rings. The highest BCUT2D eigenvalue weighted by Crippen LogP contribution is 2.31. The number of hydroxylamine groups is 1. The standard InChI is InChI=1S/C16H22N2O3/c1-16(2,3)15(20)17-13-6-4-5-10-9-11(14(19)18-21)7-8-12(10)13/h7-9,13,21H,4-6H2,1-3H3,(H,17,20)(H,18,19). The van der Waals surface area contributed by atoms with E-state index in [1.807, 2.05) is 26.8 Å². The Morgan fingerprint density at radius 2 is 2.00 bits per heavy atom. The van der Waals surface area contributed by atoms with Gasteiger partial charge in [-0.2, -0.15) is 0 Å². The number of fused-ring (bicyclic) bond motifs is 1. The first kappa shape index (κ1) is 15.5. The van der Waals surface area contributed by atoms with E-state index in [9.17, 15) is 9.59 Å². The summed E-state index contributed by atoms with van der Waals surface area (Å²) in [4.78, 5) is 23.6. The Balaban J connectivity index is 2.24. The smallest absolute Gasteiger partial charge is 0.274 e. The summed E-state index contributed by atoms with van der Waals surface area (Å²) >= 11 is 0. The Morgan fingerprint density at radius 1 is 1.29 bits per heavy atom. The molecule has 0 spiro atoms. The van der Waals surface area contributed by atoms with Gasteiger partial charge in [0.15, 0.2) is 0 Å². The van der Waals surface area contributed by atoms with Gasteiger partial charge < -0.3 is 5.32 Å². The summed E-state index contributed by atoms with van der Waals surface area (Å²) in [5, 5.41) is 11.8. The number of rotatable bonds is 2. The van der Waals surface area contributed by atoms with E-state index in [-0.39, 0.29) is 11.9 Å². The first-order chi connectivity index (χ1) is 9.82. The molecule has 1 aliphatic rings. The SMILES string of the molecule is CC(C)(C)C(=O)NC1CCCc2cc(C(=O)NO)ccc21. The van der Waals surface area contributed by atoms with Crippen molar-refractivity contribution in [2.45, 2.75) is 46.1 Å². The third-order valence-electron chi connectivity index (χ3n) is 3.81. The average molecular weight is 290 g/mol. The second-order valence-electron chi connectivity index (χ2n) is 6.52. The Labute approximate surface area is 124 Å². The van der Waals surface area contributed by atoms with Gasteiger partial charge in [-0.25, -0.2) is 5.48 Å². The Kier molecular flexibility index (Phi) is 4.32. The molecule has 21 heavy (non-hydrogen) atoms. The highest BCUT2D eigenvalue weighted by molar-refractivity contribution is 5.93. The van der Waals surface area contributed by atoms with E-state index in [0.717, 1.165) is 30.4 Å². The fourth-order valence-corrected chi connectivity index (χ4v) is 2.54. The van der Waals surface area contributed by atoms with Gasteiger partial charge in [0, 0.05) is 11.0 Å². The van der Waals surface area contributed by atoms with Gasteiger partial charge >= 0.3 is 0 Å². The van der Waals surface area contributed by atoms with E-state index in [0.29, 0.717) is 5.56 Å². The number of aryl methyl sites for hydroxylation is 1. The lowest BCUT2D eigenvalue weighted by molar-refractivity contribution is -0.129. The van der Waals surface area contributed by atoms with Crippen LogP contribution in [0.2, 0.25) is 0 Å². The van der Waals surface area contributed by atoms with E-state index in [2.05, 4.69) is 5.32 Å². The van der Waals surface area contributed by atoms with Crippen LogP contribution in [0.4, 0.5) is 0 Å². The number of carbonyl (C=O) groups is 2. The van der Waals surface area contributed by atoms with Crippen LogP contribution in [-0.2, 0) is 11.2 Å². The molecule has 0 aliphatic heterocycles. The first-order valence-electron chi connectivity index (χ1n) is 7.21. The van der Waals surface area contributed by atoms with Crippen molar-refractivity contribution in [3.63, 3.8) is 0 Å². The fraction of sp³-hybridized carbons (Fsp3) is 0.500. The van der Waals surface area contributed by atoms with E-state index < -0.39 is 11.3 Å². The number of hydrogen-bond acceptors (Lipinski definition) is 3. The van der Waals surface area contributed by atoms with Crippen molar-refractivity contribution in [1.82, 2.24) is 10.8 Å². The maximum atomic E-state index is 12.2. The lowest BCUT2D eigenvalue weighted by Gasteiger charge is -2.29. The minimum absolute atomic E-state index is 0.00767. The first-order valence-corrected chi connectivity index (χ1v) is 7.21. The molecule has 2 rings (SSSR count). The molecule has 1 unspecified atom stereocenters. The minimum Gasteiger partial charge on any atom is -0.349 e. The predicted octanol–water partition coefficient (Wildman–Crippen LogP) is 2.35. The normalized spacial score (nSPS) is 17.8. The molecule has 0 saturated carbocycles. The molecule has 5 heteroatoms. The molecule has 1 aliphatic carbocycles. The topological polar surface area (TPSA) is 78.4 Å². The quantitative estimate of drug-likeness (QED) is 0.578. The number of amides is 2. The number of carbonyl (C=O) groups excluding carboxylic acids is 2. The Bertz CT molecular complexity index is 561. The zero-order chi connectivity index (χ0) is 15.6. The second-order valence-corrected chi connectivity index (χ2v) is 6.52. The molecule has 0 aromatic heterocycles. The fourth-order valence-electron chi connectivity index (χ4n) is 2.54. The molecule has 0 radical (unpaired) electrons. The van der Waals surface area contributed by atoms with Crippen LogP contribution < -0.4 is 10.8 Å². The van der Waals surface area contributed by atoms with Gasteiger partial charge in [-0.1, -0.05) is 26.8 Å². The van der Waals surface area contributed by atoms with E-state index in [1.54, 1.807) is 17.6 Å². The Hall–Kier alpha value is -1.88. The van der Waals surface area contributed by atoms with Gasteiger partial charge in [0.25, 0.3) is 5.91 Å². The van der Waals surface area contributed by atoms with E-state index in [1.165, 1.54) is 0 Å². The maximum Gasteiger partial charge on any atom is 0.274 e. The summed E-state index contributed by atoms with van der Waals surface area (Å²) in [7, 11) is 0. The molecular formula is C16H22N2O3. The van der Waals surface area contributed by atoms with Crippen molar-refractivity contribution in [1.29, 1.82) is 0 Å². The van der Waals surface area contributed by atoms with Gasteiger partial charge in [-0.15, -0.1) is 0 Å². The highest BCUT2D eigenvalue weighted by Gasteiger charge is 2.27. The molecule has 5 nitrogen and oxygen atoms in total. The van der Waals surface area contributed by atoms with Gasteiger partial charge in [0.1, 0.15) is 0 Å². The van der Waals surface area contributed by atoms with Crippen LogP contribution in [0.5, 0.6) is 0 Å². The molecule has 114 valence electrons. The molecule has 1 aromatic carbocycles. The number of nitrogens with one attached hydrogen (secondary N) is 2. The van der Waals surface area contributed by atoms with Crippen LogP contribution in [-0.4, -0.2) is 17.0 Å². The monoisotopic (exact) mass is 290 g/mol. The number of hydrogen-bond donors (Lipinski definition) is 3. The lowest BCUT2D eigenvalue weighted by Crippen LogP contribution is -2.38. The summed E-state index contributed by atoms with van der Waals surface area (Å²) in [5.41, 5.74) is 3.77. The summed E-state index contributed by atoms with van der Waals surface area (Å²) in [6.07, 6.45) is 2.75. The van der Waals surface area contributed by atoms with Crippen LogP contribution in [0.3, 0.4) is 0 Å². The van der Waals surface area contributed by atoms with E-state index in [4.69, 9.17) is 5.21 Å². The summed E-state index contributed by atoms with van der Waals surface area (Å²) in [6, 6.07) is 5.32. The lowest BCUT2D eigenvalue weighted by atomic mass is 9.85. The molecular weight excluding hydrogens is 268 g/mol. The van der Waals surface area contributed by atoms with Gasteiger partial charge in [-0.3, -0.25) is 14.8 Å². The summed E-state index contributed by atoms with van der Waals surface area (Å²) in [5.74, 6) is -0.490. The third kappa shape index (κ3) is 3.42.